The largest absolute Gasteiger partial charge is 0.463 e. The summed E-state index contributed by atoms with van der Waals surface area (Å²) in [5.74, 6) is -1.36. The summed E-state index contributed by atoms with van der Waals surface area (Å²) in [5, 5.41) is 0. The number of hydrogen-bond donors (Lipinski definition) is 1. The summed E-state index contributed by atoms with van der Waals surface area (Å²) in [6.07, 6.45) is -0.653. The van der Waals surface area contributed by atoms with E-state index in [9.17, 15) is 18.0 Å². The highest BCUT2D eigenvalue weighted by Gasteiger charge is 2.30. The van der Waals surface area contributed by atoms with Crippen LogP contribution in [0.15, 0.2) is 59.5 Å². The van der Waals surface area contributed by atoms with E-state index >= 15 is 0 Å². The zero-order chi connectivity index (χ0) is 18.6. The predicted molar refractivity (Wildman–Crippen MR) is 91.7 cm³/mol. The molecule has 1 saturated heterocycles. The third kappa shape index (κ3) is 4.27. The van der Waals surface area contributed by atoms with Crippen LogP contribution in [0.25, 0.3) is 0 Å². The molecular formula is C18H17NO6S. The molecule has 0 saturated carbocycles. The lowest BCUT2D eigenvalue weighted by atomic mass is 10.2. The Balaban J connectivity index is 1.71. The molecule has 2 aromatic carbocycles. The smallest absolute Gasteiger partial charge is 0.347 e. The van der Waals surface area contributed by atoms with E-state index in [-0.39, 0.29) is 23.6 Å². The fourth-order valence-corrected chi connectivity index (χ4v) is 3.49. The van der Waals surface area contributed by atoms with Crippen molar-refractivity contribution in [2.24, 2.45) is 0 Å². The summed E-state index contributed by atoms with van der Waals surface area (Å²) in [7, 11) is -3.80. The Kier molecular flexibility index (Phi) is 5.34. The van der Waals surface area contributed by atoms with Gasteiger partial charge in [0.05, 0.1) is 17.1 Å². The van der Waals surface area contributed by atoms with Crippen LogP contribution >= 0.6 is 0 Å². The highest BCUT2D eigenvalue weighted by molar-refractivity contribution is 7.89. The molecule has 0 amide bonds. The van der Waals surface area contributed by atoms with Gasteiger partial charge in [0.1, 0.15) is 0 Å². The van der Waals surface area contributed by atoms with Crippen LogP contribution in [0.5, 0.6) is 0 Å². The molecule has 136 valence electrons. The van der Waals surface area contributed by atoms with E-state index < -0.39 is 28.1 Å². The number of nitrogens with one attached hydrogen (secondary N) is 1. The first kappa shape index (κ1) is 18.1. The van der Waals surface area contributed by atoms with Crippen molar-refractivity contribution in [1.82, 2.24) is 4.72 Å². The Morgan fingerprint density at radius 3 is 2.62 bits per heavy atom. The molecular weight excluding hydrogens is 358 g/mol. The minimum atomic E-state index is -3.80. The topological polar surface area (TPSA) is 98.8 Å². The van der Waals surface area contributed by atoms with E-state index in [0.29, 0.717) is 6.42 Å². The van der Waals surface area contributed by atoms with Gasteiger partial charge in [0.2, 0.25) is 16.1 Å². The van der Waals surface area contributed by atoms with Crippen LogP contribution in [0.1, 0.15) is 22.3 Å². The van der Waals surface area contributed by atoms with Crippen LogP contribution in [0.4, 0.5) is 0 Å². The maximum atomic E-state index is 12.4. The quantitative estimate of drug-likeness (QED) is 0.771. The van der Waals surface area contributed by atoms with E-state index in [0.717, 1.165) is 5.56 Å². The van der Waals surface area contributed by atoms with Gasteiger partial charge in [-0.3, -0.25) is 0 Å². The number of esters is 2. The summed E-state index contributed by atoms with van der Waals surface area (Å²) in [5.41, 5.74) is 0.860. The summed E-state index contributed by atoms with van der Waals surface area (Å²) >= 11 is 0. The second kappa shape index (κ2) is 7.67. The Morgan fingerprint density at radius 1 is 1.15 bits per heavy atom. The first-order valence-electron chi connectivity index (χ1n) is 7.97. The number of benzene rings is 2. The molecule has 7 nitrogen and oxygen atoms in total. The average molecular weight is 375 g/mol. The molecule has 0 radical (unpaired) electrons. The SMILES string of the molecule is O=C(OC1CCOC1=O)c1cccc(S(=O)(=O)NCc2ccccc2)c1. The van der Waals surface area contributed by atoms with Crippen molar-refractivity contribution in [1.29, 1.82) is 0 Å². The molecule has 3 rings (SSSR count). The van der Waals surface area contributed by atoms with Crippen LogP contribution in [0, 0.1) is 0 Å². The van der Waals surface area contributed by atoms with Crippen molar-refractivity contribution in [3.8, 4) is 0 Å². The second-order valence-electron chi connectivity index (χ2n) is 5.69. The van der Waals surface area contributed by atoms with Crippen molar-refractivity contribution >= 4 is 22.0 Å². The van der Waals surface area contributed by atoms with Crippen molar-refractivity contribution in [3.63, 3.8) is 0 Å². The van der Waals surface area contributed by atoms with Crippen LogP contribution < -0.4 is 4.72 Å². The molecule has 1 fully saturated rings. The first-order valence-corrected chi connectivity index (χ1v) is 9.45. The summed E-state index contributed by atoms with van der Waals surface area (Å²) in [6, 6.07) is 14.5. The van der Waals surface area contributed by atoms with Crippen LogP contribution in [0.2, 0.25) is 0 Å². The number of carbonyl (C=O) groups is 2. The fraction of sp³-hybridized carbons (Fsp3) is 0.222. The Hall–Kier alpha value is -2.71. The van der Waals surface area contributed by atoms with Gasteiger partial charge in [-0.15, -0.1) is 0 Å². The number of sulfonamides is 1. The standard InChI is InChI=1S/C18H17NO6S/c20-17(25-16-9-10-24-18(16)21)14-7-4-8-15(11-14)26(22,23)19-12-13-5-2-1-3-6-13/h1-8,11,16,19H,9-10,12H2. The van der Waals surface area contributed by atoms with Crippen LogP contribution in [-0.2, 0) is 30.8 Å². The molecule has 26 heavy (non-hydrogen) atoms. The zero-order valence-electron chi connectivity index (χ0n) is 13.8. The Labute approximate surface area is 151 Å². The second-order valence-corrected chi connectivity index (χ2v) is 7.46. The lowest BCUT2D eigenvalue weighted by molar-refractivity contribution is -0.145. The summed E-state index contributed by atoms with van der Waals surface area (Å²) in [6.45, 7) is 0.334. The van der Waals surface area contributed by atoms with E-state index in [4.69, 9.17) is 9.47 Å². The average Bonchev–Trinajstić information content (AvgIpc) is 3.06. The van der Waals surface area contributed by atoms with Gasteiger partial charge >= 0.3 is 11.9 Å². The van der Waals surface area contributed by atoms with Gasteiger partial charge in [0.25, 0.3) is 0 Å². The maximum Gasteiger partial charge on any atom is 0.347 e. The lowest BCUT2D eigenvalue weighted by Crippen LogP contribution is -2.24. The van der Waals surface area contributed by atoms with Crippen LogP contribution in [0.3, 0.4) is 0 Å². The maximum absolute atomic E-state index is 12.4. The predicted octanol–water partition coefficient (Wildman–Crippen LogP) is 1.64. The number of ether oxygens (including phenoxy) is 2. The zero-order valence-corrected chi connectivity index (χ0v) is 14.6. The normalized spacial score (nSPS) is 16.9. The summed E-state index contributed by atoms with van der Waals surface area (Å²) < 4.78 is 37.2. The molecule has 1 heterocycles. The molecule has 1 N–H and O–H groups in total. The van der Waals surface area contributed by atoms with Gasteiger partial charge in [0, 0.05) is 13.0 Å². The first-order chi connectivity index (χ1) is 12.5. The third-order valence-corrected chi connectivity index (χ3v) is 5.22. The minimum absolute atomic E-state index is 0.0484. The van der Waals surface area contributed by atoms with Crippen LogP contribution in [-0.4, -0.2) is 33.1 Å². The molecule has 0 bridgehead atoms. The highest BCUT2D eigenvalue weighted by atomic mass is 32.2. The molecule has 1 aliphatic rings. The van der Waals surface area contributed by atoms with Gasteiger partial charge in [-0.05, 0) is 23.8 Å². The van der Waals surface area contributed by atoms with Gasteiger partial charge in [-0.25, -0.2) is 22.7 Å². The van der Waals surface area contributed by atoms with Gasteiger partial charge < -0.3 is 9.47 Å². The molecule has 1 atom stereocenters. The molecule has 0 aliphatic carbocycles. The van der Waals surface area contributed by atoms with Crippen molar-refractivity contribution < 1.29 is 27.5 Å². The van der Waals surface area contributed by atoms with E-state index in [2.05, 4.69) is 4.72 Å². The van der Waals surface area contributed by atoms with Gasteiger partial charge in [-0.1, -0.05) is 36.4 Å². The van der Waals surface area contributed by atoms with Crippen molar-refractivity contribution in [2.45, 2.75) is 24.0 Å². The van der Waals surface area contributed by atoms with E-state index in [1.54, 1.807) is 12.1 Å². The highest BCUT2D eigenvalue weighted by Crippen LogP contribution is 2.16. The van der Waals surface area contributed by atoms with Gasteiger partial charge in [-0.2, -0.15) is 0 Å². The number of rotatable bonds is 6. The van der Waals surface area contributed by atoms with E-state index in [1.165, 1.54) is 24.3 Å². The molecule has 8 heteroatoms. The Morgan fingerprint density at radius 2 is 1.92 bits per heavy atom. The molecule has 1 aliphatic heterocycles. The Bertz CT molecular complexity index is 910. The lowest BCUT2D eigenvalue weighted by Gasteiger charge is -2.10. The van der Waals surface area contributed by atoms with Crippen molar-refractivity contribution in [2.75, 3.05) is 6.61 Å². The molecule has 2 aromatic rings. The van der Waals surface area contributed by atoms with E-state index in [1.807, 2.05) is 18.2 Å². The molecule has 1 unspecified atom stereocenters. The van der Waals surface area contributed by atoms with Gasteiger partial charge in [0.15, 0.2) is 0 Å². The number of carbonyl (C=O) groups excluding carboxylic acids is 2. The minimum Gasteiger partial charge on any atom is -0.463 e. The van der Waals surface area contributed by atoms with Crippen molar-refractivity contribution in [3.05, 3.63) is 65.7 Å². The molecule has 0 aromatic heterocycles. The monoisotopic (exact) mass is 375 g/mol. The molecule has 0 spiro atoms. The fourth-order valence-electron chi connectivity index (χ4n) is 2.43. The number of cyclic esters (lactones) is 1. The third-order valence-electron chi connectivity index (χ3n) is 3.83. The number of hydrogen-bond acceptors (Lipinski definition) is 6. The summed E-state index contributed by atoms with van der Waals surface area (Å²) in [4.78, 5) is 23.5.